The number of hydroxylamine groups is 1. The van der Waals surface area contributed by atoms with Gasteiger partial charge in [-0.1, -0.05) is 42.5 Å². The quantitative estimate of drug-likeness (QED) is 0.388. The summed E-state index contributed by atoms with van der Waals surface area (Å²) in [6.45, 7) is 0.199. The molecule has 2 N–H and O–H groups in total. The fourth-order valence-electron chi connectivity index (χ4n) is 2.73. The van der Waals surface area contributed by atoms with Crippen LogP contribution in [0.15, 0.2) is 77.4 Å². The number of aromatic nitrogens is 3. The molecule has 33 heavy (non-hydrogen) atoms. The number of hydrogen-bond acceptors (Lipinski definition) is 7. The van der Waals surface area contributed by atoms with Gasteiger partial charge in [-0.2, -0.15) is 18.2 Å². The second-order valence-corrected chi connectivity index (χ2v) is 6.75. The Kier molecular flexibility index (Phi) is 6.31. The third-order valence-corrected chi connectivity index (χ3v) is 4.39. The topological polar surface area (TPSA) is 102 Å². The van der Waals surface area contributed by atoms with Gasteiger partial charge < -0.3 is 4.42 Å². The van der Waals surface area contributed by atoms with Crippen molar-refractivity contribution in [2.45, 2.75) is 12.8 Å². The zero-order chi connectivity index (χ0) is 23.3. The van der Waals surface area contributed by atoms with E-state index in [-0.39, 0.29) is 24.1 Å². The number of carbonyl (C=O) groups excluding carboxylic acids is 1. The number of oxazole rings is 1. The maximum atomic E-state index is 12.7. The highest BCUT2D eigenvalue weighted by atomic mass is 19.4. The molecule has 0 saturated heterocycles. The van der Waals surface area contributed by atoms with Crippen molar-refractivity contribution in [2.24, 2.45) is 0 Å². The highest BCUT2D eigenvalue weighted by Crippen LogP contribution is 2.31. The summed E-state index contributed by atoms with van der Waals surface area (Å²) < 4.78 is 43.4. The van der Waals surface area contributed by atoms with Crippen LogP contribution in [0.25, 0.3) is 11.3 Å². The smallest absolute Gasteiger partial charge is 0.416 e. The van der Waals surface area contributed by atoms with Crippen molar-refractivity contribution in [3.05, 3.63) is 89.8 Å². The Labute approximate surface area is 185 Å². The van der Waals surface area contributed by atoms with E-state index in [1.54, 1.807) is 0 Å². The molecular weight excluding hydrogens is 439 g/mol. The van der Waals surface area contributed by atoms with E-state index < -0.39 is 17.6 Å². The van der Waals surface area contributed by atoms with E-state index >= 15 is 0 Å². The number of halogens is 3. The molecule has 0 radical (unpaired) electrons. The van der Waals surface area contributed by atoms with E-state index in [0.29, 0.717) is 11.3 Å². The summed E-state index contributed by atoms with van der Waals surface area (Å²) in [5.41, 5.74) is 3.25. The first kappa shape index (κ1) is 22.0. The van der Waals surface area contributed by atoms with Crippen molar-refractivity contribution in [1.82, 2.24) is 20.7 Å². The highest BCUT2D eigenvalue weighted by Gasteiger charge is 2.30. The van der Waals surface area contributed by atoms with Gasteiger partial charge in [0.15, 0.2) is 11.5 Å². The summed E-state index contributed by atoms with van der Waals surface area (Å²) in [5.74, 6) is -0.316. The lowest BCUT2D eigenvalue weighted by Gasteiger charge is -2.06. The van der Waals surface area contributed by atoms with Gasteiger partial charge in [-0.15, -0.1) is 10.2 Å². The molecule has 8 nitrogen and oxygen atoms in total. The van der Waals surface area contributed by atoms with Crippen molar-refractivity contribution in [3.63, 3.8) is 0 Å². The number of alkyl halides is 3. The van der Waals surface area contributed by atoms with Crippen LogP contribution in [0.1, 0.15) is 21.6 Å². The summed E-state index contributed by atoms with van der Waals surface area (Å²) in [4.78, 5) is 21.4. The summed E-state index contributed by atoms with van der Waals surface area (Å²) in [6.07, 6.45) is -3.12. The Morgan fingerprint density at radius 2 is 1.73 bits per heavy atom. The lowest BCUT2D eigenvalue weighted by molar-refractivity contribution is -0.137. The fourth-order valence-corrected chi connectivity index (χ4v) is 2.73. The minimum absolute atomic E-state index is 0.0338. The number of carbonyl (C=O) groups is 1. The molecule has 0 aliphatic rings. The zero-order valence-electron chi connectivity index (χ0n) is 16.8. The van der Waals surface area contributed by atoms with Crippen molar-refractivity contribution >= 4 is 17.7 Å². The van der Waals surface area contributed by atoms with Crippen LogP contribution in [0.2, 0.25) is 0 Å². The van der Waals surface area contributed by atoms with Gasteiger partial charge in [0.05, 0.1) is 12.2 Å². The molecule has 0 fully saturated rings. The average Bonchev–Trinajstić information content (AvgIpc) is 3.28. The third kappa shape index (κ3) is 5.71. The number of rotatable bonds is 7. The van der Waals surface area contributed by atoms with Gasteiger partial charge in [0.1, 0.15) is 12.0 Å². The van der Waals surface area contributed by atoms with Crippen molar-refractivity contribution in [2.75, 3.05) is 5.32 Å². The first-order chi connectivity index (χ1) is 15.9. The van der Waals surface area contributed by atoms with Crippen molar-refractivity contribution in [1.29, 1.82) is 0 Å². The van der Waals surface area contributed by atoms with Crippen LogP contribution in [0, 0.1) is 0 Å². The average molecular weight is 455 g/mol. The van der Waals surface area contributed by atoms with Crippen molar-refractivity contribution in [3.8, 4) is 11.3 Å². The molecule has 2 aromatic carbocycles. The lowest BCUT2D eigenvalue weighted by Crippen LogP contribution is -2.24. The first-order valence-corrected chi connectivity index (χ1v) is 9.58. The van der Waals surface area contributed by atoms with Crippen LogP contribution in [0.5, 0.6) is 0 Å². The van der Waals surface area contributed by atoms with Crippen molar-refractivity contribution < 1.29 is 27.2 Å². The van der Waals surface area contributed by atoms with Gasteiger partial charge in [0, 0.05) is 5.56 Å². The molecule has 4 rings (SSSR count). The van der Waals surface area contributed by atoms with Crippen LogP contribution in [-0.4, -0.2) is 21.1 Å². The fraction of sp³-hybridized carbons (Fsp3) is 0.0909. The molecule has 0 aliphatic heterocycles. The number of nitrogens with zero attached hydrogens (tertiary/aromatic N) is 3. The molecule has 2 aromatic heterocycles. The Morgan fingerprint density at radius 3 is 2.39 bits per heavy atom. The molecule has 0 atom stereocenters. The molecule has 1 amide bonds. The largest absolute Gasteiger partial charge is 0.431 e. The minimum atomic E-state index is -4.41. The number of amides is 1. The maximum Gasteiger partial charge on any atom is 0.416 e. The molecular formula is C22H16F3N5O3. The van der Waals surface area contributed by atoms with Crippen LogP contribution in [-0.2, 0) is 17.6 Å². The zero-order valence-corrected chi connectivity index (χ0v) is 16.8. The van der Waals surface area contributed by atoms with Crippen LogP contribution in [0.3, 0.4) is 0 Å². The number of benzene rings is 2. The molecule has 0 saturated carbocycles. The molecule has 4 aromatic rings. The SMILES string of the molecule is O=C(NOCc1ccccc1)c1ccc(Nc2nc(-c3ccc(C(F)(F)F)cc3)co2)nn1. The first-order valence-electron chi connectivity index (χ1n) is 9.58. The normalized spacial score (nSPS) is 11.2. The highest BCUT2D eigenvalue weighted by molar-refractivity contribution is 5.91. The third-order valence-electron chi connectivity index (χ3n) is 4.39. The van der Waals surface area contributed by atoms with Gasteiger partial charge in [0.25, 0.3) is 5.91 Å². The predicted octanol–water partition coefficient (Wildman–Crippen LogP) is 4.76. The number of anilines is 2. The molecule has 168 valence electrons. The summed E-state index contributed by atoms with van der Waals surface area (Å²) in [7, 11) is 0. The Bertz CT molecular complexity index is 1210. The monoisotopic (exact) mass is 455 g/mol. The van der Waals surface area contributed by atoms with Gasteiger partial charge in [-0.3, -0.25) is 14.9 Å². The van der Waals surface area contributed by atoms with Gasteiger partial charge >= 0.3 is 12.2 Å². The van der Waals surface area contributed by atoms with Crippen LogP contribution in [0.4, 0.5) is 25.0 Å². The van der Waals surface area contributed by atoms with E-state index in [9.17, 15) is 18.0 Å². The molecule has 0 bridgehead atoms. The summed E-state index contributed by atoms with van der Waals surface area (Å²) >= 11 is 0. The second kappa shape index (κ2) is 9.49. The van der Waals surface area contributed by atoms with Crippen LogP contribution < -0.4 is 10.8 Å². The number of hydrogen-bond donors (Lipinski definition) is 2. The predicted molar refractivity (Wildman–Crippen MR) is 111 cm³/mol. The van der Waals surface area contributed by atoms with Crippen LogP contribution >= 0.6 is 0 Å². The van der Waals surface area contributed by atoms with E-state index in [0.717, 1.165) is 17.7 Å². The molecule has 0 unspecified atom stereocenters. The Hall–Kier alpha value is -4.25. The molecule has 0 spiro atoms. The van der Waals surface area contributed by atoms with Gasteiger partial charge in [0.2, 0.25) is 0 Å². The lowest BCUT2D eigenvalue weighted by atomic mass is 10.1. The second-order valence-electron chi connectivity index (χ2n) is 6.75. The number of nitrogens with one attached hydrogen (secondary N) is 2. The van der Waals surface area contributed by atoms with E-state index in [4.69, 9.17) is 9.25 Å². The molecule has 0 aliphatic carbocycles. The Balaban J connectivity index is 1.33. The maximum absolute atomic E-state index is 12.7. The van der Waals surface area contributed by atoms with Gasteiger partial charge in [-0.05, 0) is 29.8 Å². The van der Waals surface area contributed by atoms with Gasteiger partial charge in [-0.25, -0.2) is 5.48 Å². The molecule has 2 heterocycles. The summed E-state index contributed by atoms with van der Waals surface area (Å²) in [6, 6.07) is 16.8. The minimum Gasteiger partial charge on any atom is -0.431 e. The van der Waals surface area contributed by atoms with E-state index in [1.807, 2.05) is 30.3 Å². The standard InChI is InChI=1S/C22H16F3N5O3/c23-22(24,25)16-8-6-15(7-9-16)18-13-32-21(26-18)27-19-11-10-17(28-29-19)20(31)30-33-12-14-4-2-1-3-5-14/h1-11,13H,12H2,(H,30,31)(H,26,27,29). The Morgan fingerprint density at radius 1 is 0.970 bits per heavy atom. The summed E-state index contributed by atoms with van der Waals surface area (Å²) in [5, 5.41) is 10.5. The van der Waals surface area contributed by atoms with E-state index in [1.165, 1.54) is 30.5 Å². The molecule has 11 heteroatoms. The van der Waals surface area contributed by atoms with E-state index in [2.05, 4.69) is 26.0 Å².